The first-order valence-electron chi connectivity index (χ1n) is 14.0. The minimum atomic E-state index is -3.66. The van der Waals surface area contributed by atoms with E-state index in [4.69, 9.17) is 26.1 Å². The fraction of sp³-hybridized carbons (Fsp3) is 0.556. The van der Waals surface area contributed by atoms with Crippen LogP contribution in [-0.4, -0.2) is 91.2 Å². The van der Waals surface area contributed by atoms with E-state index in [9.17, 15) is 8.42 Å². The normalized spacial score (nSPS) is 20.2. The Labute approximate surface area is 239 Å². The maximum absolute atomic E-state index is 13.5. The Hall–Kier alpha value is -2.64. The van der Waals surface area contributed by atoms with Gasteiger partial charge in [-0.25, -0.2) is 8.42 Å². The number of H-pyrrole nitrogens is 1. The summed E-state index contributed by atoms with van der Waals surface area (Å²) in [6.45, 7) is 4.30. The van der Waals surface area contributed by atoms with E-state index in [0.717, 1.165) is 57.4 Å². The number of benzene rings is 1. The number of halogens is 1. The van der Waals surface area contributed by atoms with Gasteiger partial charge in [-0.15, -0.1) is 0 Å². The number of aromatic amines is 1. The Balaban J connectivity index is 1.20. The summed E-state index contributed by atoms with van der Waals surface area (Å²) < 4.78 is 39.7. The van der Waals surface area contributed by atoms with Crippen LogP contribution < -0.4 is 15.4 Å². The first-order valence-corrected chi connectivity index (χ1v) is 15.8. The minimum absolute atomic E-state index is 0.204. The van der Waals surface area contributed by atoms with Gasteiger partial charge in [0.1, 0.15) is 17.2 Å². The molecule has 3 N–H and O–H groups in total. The van der Waals surface area contributed by atoms with Crippen LogP contribution in [0.2, 0.25) is 5.02 Å². The number of morpholine rings is 1. The number of anilines is 3. The van der Waals surface area contributed by atoms with Gasteiger partial charge in [-0.3, -0.25) is 4.90 Å². The highest BCUT2D eigenvalue weighted by Gasteiger charge is 2.32. The predicted molar refractivity (Wildman–Crippen MR) is 155 cm³/mol. The Morgan fingerprint density at radius 3 is 2.55 bits per heavy atom. The number of rotatable bonds is 8. The van der Waals surface area contributed by atoms with E-state index in [1.807, 2.05) is 0 Å². The van der Waals surface area contributed by atoms with Crippen molar-refractivity contribution < 1.29 is 17.9 Å². The van der Waals surface area contributed by atoms with Crippen LogP contribution >= 0.6 is 11.6 Å². The summed E-state index contributed by atoms with van der Waals surface area (Å²) in [6, 6.07) is 5.61. The molecule has 3 aromatic rings. The summed E-state index contributed by atoms with van der Waals surface area (Å²) in [5.41, 5.74) is 1.18. The Morgan fingerprint density at radius 1 is 1.07 bits per heavy atom. The number of sulfonamides is 1. The number of methoxy groups -OCH3 is 1. The second kappa shape index (κ2) is 11.7. The number of hydrogen-bond acceptors (Lipinski definition) is 9. The highest BCUT2D eigenvalue weighted by Crippen LogP contribution is 2.35. The van der Waals surface area contributed by atoms with E-state index in [0.29, 0.717) is 59.0 Å². The first-order chi connectivity index (χ1) is 19.4. The maximum Gasteiger partial charge on any atom is 0.243 e. The van der Waals surface area contributed by atoms with Gasteiger partial charge in [0.2, 0.25) is 16.0 Å². The maximum atomic E-state index is 13.5. The van der Waals surface area contributed by atoms with Crippen molar-refractivity contribution in [2.45, 2.75) is 55.5 Å². The zero-order valence-electron chi connectivity index (χ0n) is 22.7. The van der Waals surface area contributed by atoms with Crippen LogP contribution in [0.4, 0.5) is 17.5 Å². The van der Waals surface area contributed by atoms with Crippen LogP contribution in [-0.2, 0) is 14.8 Å². The third-order valence-corrected chi connectivity index (χ3v) is 10.4. The number of nitrogens with zero attached hydrogens (tertiary/aromatic N) is 4. The average Bonchev–Trinajstić information content (AvgIpc) is 3.63. The highest BCUT2D eigenvalue weighted by molar-refractivity contribution is 7.89. The number of piperidine rings is 1. The van der Waals surface area contributed by atoms with Gasteiger partial charge in [-0.05, 0) is 37.8 Å². The molecule has 1 aliphatic carbocycles. The van der Waals surface area contributed by atoms with Gasteiger partial charge in [0, 0.05) is 50.5 Å². The Kier molecular flexibility index (Phi) is 8.04. The summed E-state index contributed by atoms with van der Waals surface area (Å²) >= 11 is 6.44. The van der Waals surface area contributed by atoms with E-state index in [1.54, 1.807) is 28.7 Å². The molecule has 1 aromatic carbocycles. The van der Waals surface area contributed by atoms with Gasteiger partial charge in [0.05, 0.1) is 41.3 Å². The molecule has 3 aliphatic rings. The molecule has 3 fully saturated rings. The van der Waals surface area contributed by atoms with Gasteiger partial charge >= 0.3 is 0 Å². The third kappa shape index (κ3) is 5.60. The van der Waals surface area contributed by atoms with Crippen molar-refractivity contribution in [2.24, 2.45) is 0 Å². The smallest absolute Gasteiger partial charge is 0.243 e. The second-order valence-corrected chi connectivity index (χ2v) is 13.0. The molecule has 2 aromatic heterocycles. The zero-order valence-corrected chi connectivity index (χ0v) is 24.2. The molecule has 1 saturated carbocycles. The van der Waals surface area contributed by atoms with Crippen LogP contribution in [0.5, 0.6) is 5.75 Å². The third-order valence-electron chi connectivity index (χ3n) is 8.22. The lowest BCUT2D eigenvalue weighted by molar-refractivity contribution is 0.00610. The molecule has 0 atom stereocenters. The average molecular weight is 590 g/mol. The van der Waals surface area contributed by atoms with Crippen molar-refractivity contribution in [3.05, 3.63) is 29.4 Å². The number of ether oxygens (including phenoxy) is 2. The summed E-state index contributed by atoms with van der Waals surface area (Å²) in [5.74, 6) is 1.41. The zero-order chi connectivity index (χ0) is 27.7. The molecule has 13 heteroatoms. The van der Waals surface area contributed by atoms with Crippen molar-refractivity contribution in [2.75, 3.05) is 57.1 Å². The molecular formula is C27H36ClN7O4S. The highest BCUT2D eigenvalue weighted by atomic mass is 35.5. The lowest BCUT2D eigenvalue weighted by atomic mass is 10.0. The summed E-state index contributed by atoms with van der Waals surface area (Å²) in [5, 5.41) is 8.06. The Morgan fingerprint density at radius 2 is 1.82 bits per heavy atom. The molecule has 2 aliphatic heterocycles. The van der Waals surface area contributed by atoms with Crippen LogP contribution in [0.3, 0.4) is 0 Å². The van der Waals surface area contributed by atoms with Crippen LogP contribution in [0.1, 0.15) is 38.5 Å². The van der Waals surface area contributed by atoms with Gasteiger partial charge in [-0.2, -0.15) is 14.3 Å². The van der Waals surface area contributed by atoms with E-state index in [1.165, 1.54) is 20.0 Å². The first kappa shape index (κ1) is 27.5. The molecule has 4 heterocycles. The molecule has 6 rings (SSSR count). The second-order valence-electron chi connectivity index (χ2n) is 10.7. The number of hydrogen-bond donors (Lipinski definition) is 3. The Bertz CT molecular complexity index is 1450. The molecule has 11 nitrogen and oxygen atoms in total. The molecule has 216 valence electrons. The van der Waals surface area contributed by atoms with Crippen molar-refractivity contribution in [1.29, 1.82) is 0 Å². The van der Waals surface area contributed by atoms with Gasteiger partial charge in [0.15, 0.2) is 0 Å². The van der Waals surface area contributed by atoms with Gasteiger partial charge in [0.25, 0.3) is 0 Å². The van der Waals surface area contributed by atoms with E-state index in [-0.39, 0.29) is 4.90 Å². The largest absolute Gasteiger partial charge is 0.495 e. The molecule has 0 bridgehead atoms. The van der Waals surface area contributed by atoms with Crippen LogP contribution in [0, 0.1) is 0 Å². The van der Waals surface area contributed by atoms with Crippen molar-refractivity contribution >= 4 is 50.1 Å². The van der Waals surface area contributed by atoms with Crippen molar-refractivity contribution in [3.8, 4) is 5.75 Å². The molecule has 0 unspecified atom stereocenters. The summed E-state index contributed by atoms with van der Waals surface area (Å²) in [6.07, 6.45) is 7.89. The lowest BCUT2D eigenvalue weighted by Gasteiger charge is -2.39. The molecular weight excluding hydrogens is 554 g/mol. The van der Waals surface area contributed by atoms with Gasteiger partial charge in [-0.1, -0.05) is 24.4 Å². The van der Waals surface area contributed by atoms with E-state index < -0.39 is 10.0 Å². The molecule has 0 amide bonds. The summed E-state index contributed by atoms with van der Waals surface area (Å²) in [4.78, 5) is 15.1. The van der Waals surface area contributed by atoms with E-state index >= 15 is 0 Å². The molecule has 0 radical (unpaired) electrons. The molecule has 2 saturated heterocycles. The number of fused-ring (bicyclic) bond motifs is 1. The topological polar surface area (TPSA) is 125 Å². The molecule has 0 spiro atoms. The fourth-order valence-electron chi connectivity index (χ4n) is 6.01. The van der Waals surface area contributed by atoms with E-state index in [2.05, 4.69) is 25.5 Å². The number of nitrogens with one attached hydrogen (secondary N) is 3. The van der Waals surface area contributed by atoms with Crippen molar-refractivity contribution in [3.63, 3.8) is 0 Å². The van der Waals surface area contributed by atoms with Crippen LogP contribution in [0.25, 0.3) is 11.0 Å². The number of aromatic nitrogens is 3. The van der Waals surface area contributed by atoms with Crippen LogP contribution in [0.15, 0.2) is 29.3 Å². The summed E-state index contributed by atoms with van der Waals surface area (Å²) in [7, 11) is -2.14. The minimum Gasteiger partial charge on any atom is -0.495 e. The standard InChI is InChI=1S/C27H36ClN7O4S/c1-38-23-16-20(40(36,37)35-10-8-19(9-11-35)34-12-14-39-15-13-34)6-7-22(23)31-27-32-25-24(21(28)17-29-25)26(33-27)30-18-4-2-3-5-18/h6-7,16-19H,2-5,8-15H2,1H3,(H3,29,30,31,32,33). The SMILES string of the molecule is COc1cc(S(=O)(=O)N2CCC(N3CCOCC3)CC2)ccc1Nc1nc(NC2CCCC2)c2c(Cl)c[nH]c2n1. The molecule has 40 heavy (non-hydrogen) atoms. The predicted octanol–water partition coefficient (Wildman–Crippen LogP) is 4.20. The fourth-order valence-corrected chi connectivity index (χ4v) is 7.73. The van der Waals surface area contributed by atoms with Gasteiger partial charge < -0.3 is 25.1 Å². The quantitative estimate of drug-likeness (QED) is 0.354. The monoisotopic (exact) mass is 589 g/mol. The van der Waals surface area contributed by atoms with Crippen molar-refractivity contribution in [1.82, 2.24) is 24.2 Å². The lowest BCUT2D eigenvalue weighted by Crippen LogP contribution is -2.50.